The van der Waals surface area contributed by atoms with Gasteiger partial charge in [-0.15, -0.1) is 0 Å². The number of nitro benzene ring substituents is 1. The number of anilines is 1. The third-order valence-corrected chi connectivity index (χ3v) is 2.86. The second-order valence-corrected chi connectivity index (χ2v) is 4.50. The number of non-ortho nitro benzene ring substituents is 1. The number of nitrogens with one attached hydrogen (secondary N) is 1. The maximum absolute atomic E-state index is 10.7. The van der Waals surface area contributed by atoms with Gasteiger partial charge in [-0.25, -0.2) is 0 Å². The molecular weight excluding hydrogens is 244 g/mol. The summed E-state index contributed by atoms with van der Waals surface area (Å²) < 4.78 is 5.46. The van der Waals surface area contributed by atoms with Crippen molar-refractivity contribution in [3.63, 3.8) is 0 Å². The first-order chi connectivity index (χ1) is 9.15. The monoisotopic (exact) mass is 266 g/mol. The van der Waals surface area contributed by atoms with E-state index in [4.69, 9.17) is 4.74 Å². The van der Waals surface area contributed by atoms with Crippen LogP contribution in [-0.2, 0) is 4.74 Å². The van der Waals surface area contributed by atoms with Gasteiger partial charge in [-0.3, -0.25) is 10.1 Å². The Morgan fingerprint density at radius 3 is 2.74 bits per heavy atom. The molecular formula is C14H22N2O3. The summed E-state index contributed by atoms with van der Waals surface area (Å²) in [6.45, 7) is 6.36. The van der Waals surface area contributed by atoms with Gasteiger partial charge in [-0.1, -0.05) is 19.4 Å². The fourth-order valence-electron chi connectivity index (χ4n) is 1.66. The molecule has 106 valence electrons. The van der Waals surface area contributed by atoms with Crippen LogP contribution in [0.3, 0.4) is 0 Å². The van der Waals surface area contributed by atoms with E-state index in [0.29, 0.717) is 0 Å². The molecule has 0 fully saturated rings. The van der Waals surface area contributed by atoms with Crippen LogP contribution in [0.5, 0.6) is 0 Å². The SMILES string of the molecule is CCCCOCCCNc1cc([N+](=O)[O-])ccc1C. The van der Waals surface area contributed by atoms with E-state index in [0.717, 1.165) is 50.3 Å². The van der Waals surface area contributed by atoms with Gasteiger partial charge < -0.3 is 10.1 Å². The van der Waals surface area contributed by atoms with Crippen LogP contribution < -0.4 is 5.32 Å². The molecule has 0 heterocycles. The lowest BCUT2D eigenvalue weighted by Crippen LogP contribution is -2.07. The Balaban J connectivity index is 2.32. The number of hydrogen-bond donors (Lipinski definition) is 1. The number of unbranched alkanes of at least 4 members (excludes halogenated alkanes) is 1. The fraction of sp³-hybridized carbons (Fsp3) is 0.571. The van der Waals surface area contributed by atoms with Gasteiger partial charge in [0.05, 0.1) is 4.92 Å². The molecule has 0 aromatic heterocycles. The molecule has 1 N–H and O–H groups in total. The number of nitrogens with zero attached hydrogens (tertiary/aromatic N) is 1. The number of hydrogen-bond acceptors (Lipinski definition) is 4. The lowest BCUT2D eigenvalue weighted by atomic mass is 10.2. The number of aryl methyl sites for hydroxylation is 1. The van der Waals surface area contributed by atoms with Crippen molar-refractivity contribution < 1.29 is 9.66 Å². The van der Waals surface area contributed by atoms with Gasteiger partial charge in [0.25, 0.3) is 5.69 Å². The Morgan fingerprint density at radius 1 is 1.32 bits per heavy atom. The number of benzene rings is 1. The van der Waals surface area contributed by atoms with Crippen molar-refractivity contribution >= 4 is 11.4 Å². The first-order valence-electron chi connectivity index (χ1n) is 6.71. The Kier molecular flexibility index (Phi) is 6.89. The van der Waals surface area contributed by atoms with Crippen molar-refractivity contribution in [3.05, 3.63) is 33.9 Å². The third kappa shape index (κ3) is 5.70. The van der Waals surface area contributed by atoms with Gasteiger partial charge in [0.2, 0.25) is 0 Å². The molecule has 0 unspecified atom stereocenters. The summed E-state index contributed by atoms with van der Waals surface area (Å²) >= 11 is 0. The van der Waals surface area contributed by atoms with Crippen LogP contribution in [0.2, 0.25) is 0 Å². The number of ether oxygens (including phenoxy) is 1. The molecule has 0 spiro atoms. The minimum absolute atomic E-state index is 0.118. The maximum Gasteiger partial charge on any atom is 0.271 e. The Morgan fingerprint density at radius 2 is 2.05 bits per heavy atom. The molecule has 5 heteroatoms. The molecule has 0 atom stereocenters. The lowest BCUT2D eigenvalue weighted by Gasteiger charge is -2.09. The summed E-state index contributed by atoms with van der Waals surface area (Å²) in [6.07, 6.45) is 3.13. The first-order valence-corrected chi connectivity index (χ1v) is 6.71. The van der Waals surface area contributed by atoms with Gasteiger partial charge in [0, 0.05) is 37.6 Å². The standard InChI is InChI=1S/C14H22N2O3/c1-3-4-9-19-10-5-8-15-14-11-13(16(17)18)7-6-12(14)2/h6-7,11,15H,3-5,8-10H2,1-2H3. The summed E-state index contributed by atoms with van der Waals surface area (Å²) in [5, 5.41) is 13.9. The van der Waals surface area contributed by atoms with E-state index in [1.165, 1.54) is 6.07 Å². The van der Waals surface area contributed by atoms with Gasteiger partial charge in [-0.2, -0.15) is 0 Å². The van der Waals surface area contributed by atoms with Crippen molar-refractivity contribution in [2.24, 2.45) is 0 Å². The third-order valence-electron chi connectivity index (χ3n) is 2.86. The summed E-state index contributed by atoms with van der Waals surface area (Å²) in [7, 11) is 0. The van der Waals surface area contributed by atoms with E-state index in [1.807, 2.05) is 6.92 Å². The average Bonchev–Trinajstić information content (AvgIpc) is 2.39. The highest BCUT2D eigenvalue weighted by Crippen LogP contribution is 2.21. The molecule has 1 rings (SSSR count). The summed E-state index contributed by atoms with van der Waals surface area (Å²) in [5.74, 6) is 0. The van der Waals surface area contributed by atoms with E-state index < -0.39 is 0 Å². The zero-order chi connectivity index (χ0) is 14.1. The van der Waals surface area contributed by atoms with Gasteiger partial charge in [0.15, 0.2) is 0 Å². The van der Waals surface area contributed by atoms with Gasteiger partial charge in [0.1, 0.15) is 0 Å². The molecule has 1 aromatic carbocycles. The van der Waals surface area contributed by atoms with Crippen LogP contribution in [0, 0.1) is 17.0 Å². The van der Waals surface area contributed by atoms with Crippen molar-refractivity contribution in [1.29, 1.82) is 0 Å². The van der Waals surface area contributed by atoms with E-state index in [9.17, 15) is 10.1 Å². The highest BCUT2D eigenvalue weighted by Gasteiger charge is 2.07. The summed E-state index contributed by atoms with van der Waals surface area (Å²) in [5.41, 5.74) is 1.95. The van der Waals surface area contributed by atoms with Crippen molar-refractivity contribution in [2.75, 3.05) is 25.1 Å². The molecule has 0 radical (unpaired) electrons. The fourth-order valence-corrected chi connectivity index (χ4v) is 1.66. The second kappa shape index (κ2) is 8.48. The van der Waals surface area contributed by atoms with E-state index in [2.05, 4.69) is 12.2 Å². The highest BCUT2D eigenvalue weighted by molar-refractivity contribution is 5.56. The topological polar surface area (TPSA) is 64.4 Å². The first kappa shape index (κ1) is 15.4. The summed E-state index contributed by atoms with van der Waals surface area (Å²) in [4.78, 5) is 10.3. The quantitative estimate of drug-likeness (QED) is 0.422. The smallest absolute Gasteiger partial charge is 0.271 e. The molecule has 19 heavy (non-hydrogen) atoms. The maximum atomic E-state index is 10.7. The lowest BCUT2D eigenvalue weighted by molar-refractivity contribution is -0.384. The van der Waals surface area contributed by atoms with Crippen molar-refractivity contribution in [3.8, 4) is 0 Å². The van der Waals surface area contributed by atoms with Crippen LogP contribution in [-0.4, -0.2) is 24.7 Å². The normalized spacial score (nSPS) is 10.4. The molecule has 5 nitrogen and oxygen atoms in total. The molecule has 1 aromatic rings. The highest BCUT2D eigenvalue weighted by atomic mass is 16.6. The Bertz CT molecular complexity index is 408. The van der Waals surface area contributed by atoms with E-state index in [-0.39, 0.29) is 10.6 Å². The van der Waals surface area contributed by atoms with Crippen molar-refractivity contribution in [2.45, 2.75) is 33.1 Å². The van der Waals surface area contributed by atoms with Crippen LogP contribution in [0.1, 0.15) is 31.7 Å². The van der Waals surface area contributed by atoms with Crippen LogP contribution in [0.4, 0.5) is 11.4 Å². The molecule has 0 saturated heterocycles. The predicted molar refractivity (Wildman–Crippen MR) is 76.7 cm³/mol. The van der Waals surface area contributed by atoms with Crippen molar-refractivity contribution in [1.82, 2.24) is 0 Å². The predicted octanol–water partition coefficient (Wildman–Crippen LogP) is 3.52. The summed E-state index contributed by atoms with van der Waals surface area (Å²) in [6, 6.07) is 4.86. The van der Waals surface area contributed by atoms with Gasteiger partial charge >= 0.3 is 0 Å². The van der Waals surface area contributed by atoms with Crippen LogP contribution in [0.15, 0.2) is 18.2 Å². The van der Waals surface area contributed by atoms with E-state index in [1.54, 1.807) is 12.1 Å². The molecule has 0 aliphatic heterocycles. The Hall–Kier alpha value is -1.62. The van der Waals surface area contributed by atoms with Crippen LogP contribution >= 0.6 is 0 Å². The number of nitro groups is 1. The van der Waals surface area contributed by atoms with Gasteiger partial charge in [-0.05, 0) is 25.3 Å². The zero-order valence-corrected chi connectivity index (χ0v) is 11.6. The number of rotatable bonds is 9. The molecule has 0 bridgehead atoms. The van der Waals surface area contributed by atoms with Crippen LogP contribution in [0.25, 0.3) is 0 Å². The molecule has 0 saturated carbocycles. The molecule has 0 aliphatic rings. The second-order valence-electron chi connectivity index (χ2n) is 4.50. The molecule has 0 amide bonds. The minimum Gasteiger partial charge on any atom is -0.385 e. The molecule has 0 aliphatic carbocycles. The van der Waals surface area contributed by atoms with E-state index >= 15 is 0 Å². The Labute approximate surface area is 114 Å². The largest absolute Gasteiger partial charge is 0.385 e. The zero-order valence-electron chi connectivity index (χ0n) is 11.6. The average molecular weight is 266 g/mol. The minimum atomic E-state index is -0.377.